The minimum absolute atomic E-state index is 0.121. The molecule has 1 atom stereocenters. The zero-order valence-corrected chi connectivity index (χ0v) is 13.3. The van der Waals surface area contributed by atoms with Gasteiger partial charge < -0.3 is 10.0 Å². The molecule has 1 N–H and O–H groups in total. The number of alkyl halides is 3. The van der Waals surface area contributed by atoms with E-state index in [-0.39, 0.29) is 12.1 Å². The van der Waals surface area contributed by atoms with Crippen molar-refractivity contribution in [2.75, 3.05) is 37.6 Å². The van der Waals surface area contributed by atoms with Gasteiger partial charge in [0.05, 0.1) is 6.10 Å². The van der Waals surface area contributed by atoms with Crippen LogP contribution in [0.15, 0.2) is 12.3 Å². The lowest BCUT2D eigenvalue weighted by atomic mass is 10.2. The number of aromatic nitrogens is 2. The molecule has 1 aliphatic rings. The molecule has 1 unspecified atom stereocenters. The van der Waals surface area contributed by atoms with Gasteiger partial charge in [0, 0.05) is 32.4 Å². The Labute approximate surface area is 134 Å². The molecule has 5 nitrogen and oxygen atoms in total. The van der Waals surface area contributed by atoms with Crippen LogP contribution < -0.4 is 4.90 Å². The van der Waals surface area contributed by atoms with Crippen molar-refractivity contribution < 1.29 is 18.3 Å². The van der Waals surface area contributed by atoms with E-state index in [2.05, 4.69) is 14.9 Å². The first-order chi connectivity index (χ1) is 10.9. The molecule has 0 aromatic carbocycles. The number of aliphatic hydroxyl groups is 1. The first kappa shape index (κ1) is 17.9. The van der Waals surface area contributed by atoms with Gasteiger partial charge in [-0.25, -0.2) is 9.97 Å². The van der Waals surface area contributed by atoms with E-state index in [1.54, 1.807) is 4.90 Å². The van der Waals surface area contributed by atoms with Crippen LogP contribution in [0.5, 0.6) is 0 Å². The fraction of sp³-hybridized carbons (Fsp3) is 0.733. The van der Waals surface area contributed by atoms with E-state index < -0.39 is 11.9 Å². The minimum atomic E-state index is -4.46. The molecule has 2 rings (SSSR count). The highest BCUT2D eigenvalue weighted by Crippen LogP contribution is 2.28. The summed E-state index contributed by atoms with van der Waals surface area (Å²) in [5.41, 5.74) is -0.915. The van der Waals surface area contributed by atoms with Crippen molar-refractivity contribution in [3.63, 3.8) is 0 Å². The van der Waals surface area contributed by atoms with Gasteiger partial charge in [-0.2, -0.15) is 13.2 Å². The van der Waals surface area contributed by atoms with Crippen LogP contribution in [0.3, 0.4) is 0 Å². The second-order valence-corrected chi connectivity index (χ2v) is 5.82. The second-order valence-electron chi connectivity index (χ2n) is 5.82. The SMILES string of the molecule is CCCC(O)CN1CCCN(c2nccc(C(F)(F)F)n2)CC1. The third-order valence-corrected chi connectivity index (χ3v) is 3.90. The molecule has 0 spiro atoms. The number of hydrogen-bond acceptors (Lipinski definition) is 5. The van der Waals surface area contributed by atoms with Crippen LogP contribution >= 0.6 is 0 Å². The number of aliphatic hydroxyl groups excluding tert-OH is 1. The number of halogens is 3. The third kappa shape index (κ3) is 5.31. The molecular formula is C15H23F3N4O. The number of β-amino-alcohol motifs (C(OH)–C–C–N with tert-alkyl or cyclic N) is 1. The van der Waals surface area contributed by atoms with Crippen molar-refractivity contribution in [3.8, 4) is 0 Å². The fourth-order valence-corrected chi connectivity index (χ4v) is 2.73. The van der Waals surface area contributed by atoms with Crippen molar-refractivity contribution in [1.29, 1.82) is 0 Å². The zero-order chi connectivity index (χ0) is 16.9. The van der Waals surface area contributed by atoms with Gasteiger partial charge in [0.1, 0.15) is 5.69 Å². The van der Waals surface area contributed by atoms with E-state index in [9.17, 15) is 18.3 Å². The van der Waals surface area contributed by atoms with Crippen LogP contribution in [0.1, 0.15) is 31.9 Å². The Morgan fingerprint density at radius 2 is 2.04 bits per heavy atom. The fourth-order valence-electron chi connectivity index (χ4n) is 2.73. The maximum absolute atomic E-state index is 12.7. The quantitative estimate of drug-likeness (QED) is 0.896. The monoisotopic (exact) mass is 332 g/mol. The predicted molar refractivity (Wildman–Crippen MR) is 81.2 cm³/mol. The molecule has 0 saturated carbocycles. The van der Waals surface area contributed by atoms with Crippen LogP contribution in [0.2, 0.25) is 0 Å². The number of hydrogen-bond donors (Lipinski definition) is 1. The molecule has 0 aliphatic carbocycles. The normalized spacial score (nSPS) is 18.7. The van der Waals surface area contributed by atoms with Crippen molar-refractivity contribution in [2.24, 2.45) is 0 Å². The Kier molecular flexibility index (Phi) is 6.17. The number of nitrogens with zero attached hydrogens (tertiary/aromatic N) is 4. The van der Waals surface area contributed by atoms with Gasteiger partial charge in [-0.3, -0.25) is 4.90 Å². The lowest BCUT2D eigenvalue weighted by Gasteiger charge is -2.24. The van der Waals surface area contributed by atoms with E-state index in [0.717, 1.165) is 38.1 Å². The van der Waals surface area contributed by atoms with Gasteiger partial charge in [0.15, 0.2) is 0 Å². The first-order valence-electron chi connectivity index (χ1n) is 7.95. The molecule has 1 saturated heterocycles. The summed E-state index contributed by atoms with van der Waals surface area (Å²) in [5, 5.41) is 9.90. The lowest BCUT2D eigenvalue weighted by Crippen LogP contribution is -2.36. The average molecular weight is 332 g/mol. The third-order valence-electron chi connectivity index (χ3n) is 3.90. The highest BCUT2D eigenvalue weighted by molar-refractivity contribution is 5.31. The molecule has 1 aromatic heterocycles. The molecular weight excluding hydrogens is 309 g/mol. The molecule has 1 fully saturated rings. The molecule has 2 heterocycles. The number of rotatable bonds is 5. The van der Waals surface area contributed by atoms with E-state index in [4.69, 9.17) is 0 Å². The molecule has 0 radical (unpaired) electrons. The van der Waals surface area contributed by atoms with Gasteiger partial charge in [-0.15, -0.1) is 0 Å². The molecule has 0 bridgehead atoms. The van der Waals surface area contributed by atoms with Crippen LogP contribution in [0.25, 0.3) is 0 Å². The Morgan fingerprint density at radius 3 is 2.74 bits per heavy atom. The summed E-state index contributed by atoms with van der Waals surface area (Å²) in [6, 6.07) is 0.884. The van der Waals surface area contributed by atoms with E-state index in [1.807, 2.05) is 6.92 Å². The van der Waals surface area contributed by atoms with Crippen LogP contribution in [0.4, 0.5) is 19.1 Å². The summed E-state index contributed by atoms with van der Waals surface area (Å²) in [6.45, 7) is 5.29. The largest absolute Gasteiger partial charge is 0.433 e. The summed E-state index contributed by atoms with van der Waals surface area (Å²) in [4.78, 5) is 11.6. The summed E-state index contributed by atoms with van der Waals surface area (Å²) in [6.07, 6.45) is -1.16. The average Bonchev–Trinajstić information content (AvgIpc) is 2.72. The molecule has 0 amide bonds. The zero-order valence-electron chi connectivity index (χ0n) is 13.3. The summed E-state index contributed by atoms with van der Waals surface area (Å²) in [5.74, 6) is 0.121. The van der Waals surface area contributed by atoms with E-state index >= 15 is 0 Å². The topological polar surface area (TPSA) is 52.5 Å². The number of anilines is 1. The van der Waals surface area contributed by atoms with Crippen molar-refractivity contribution in [2.45, 2.75) is 38.5 Å². The molecule has 23 heavy (non-hydrogen) atoms. The summed E-state index contributed by atoms with van der Waals surface area (Å²) >= 11 is 0. The van der Waals surface area contributed by atoms with Gasteiger partial charge in [-0.1, -0.05) is 13.3 Å². The minimum Gasteiger partial charge on any atom is -0.392 e. The maximum Gasteiger partial charge on any atom is 0.433 e. The molecule has 1 aromatic rings. The van der Waals surface area contributed by atoms with Crippen molar-refractivity contribution in [3.05, 3.63) is 18.0 Å². The lowest BCUT2D eigenvalue weighted by molar-refractivity contribution is -0.141. The van der Waals surface area contributed by atoms with Gasteiger partial charge in [-0.05, 0) is 25.5 Å². The highest BCUT2D eigenvalue weighted by Gasteiger charge is 2.33. The molecule has 1 aliphatic heterocycles. The standard InChI is InChI=1S/C15H23F3N4O/c1-2-4-12(23)11-21-7-3-8-22(10-9-21)14-19-6-5-13(20-14)15(16,17)18/h5-6,12,23H,2-4,7-11H2,1H3. The second kappa shape index (κ2) is 7.92. The Balaban J connectivity index is 1.98. The van der Waals surface area contributed by atoms with Gasteiger partial charge >= 0.3 is 6.18 Å². The predicted octanol–water partition coefficient (Wildman–Crippen LogP) is 2.17. The van der Waals surface area contributed by atoms with E-state index in [1.165, 1.54) is 0 Å². The maximum atomic E-state index is 12.7. The van der Waals surface area contributed by atoms with E-state index in [0.29, 0.717) is 26.2 Å². The summed E-state index contributed by atoms with van der Waals surface area (Å²) < 4.78 is 38.2. The molecule has 130 valence electrons. The Morgan fingerprint density at radius 1 is 1.26 bits per heavy atom. The first-order valence-corrected chi connectivity index (χ1v) is 7.95. The smallest absolute Gasteiger partial charge is 0.392 e. The van der Waals surface area contributed by atoms with Crippen molar-refractivity contribution in [1.82, 2.24) is 14.9 Å². The van der Waals surface area contributed by atoms with Crippen LogP contribution in [-0.4, -0.2) is 58.8 Å². The Hall–Kier alpha value is -1.41. The molecule has 8 heteroatoms. The van der Waals surface area contributed by atoms with Crippen LogP contribution in [-0.2, 0) is 6.18 Å². The van der Waals surface area contributed by atoms with Gasteiger partial charge in [0.25, 0.3) is 0 Å². The Bertz CT molecular complexity index is 498. The summed E-state index contributed by atoms with van der Waals surface area (Å²) in [7, 11) is 0. The highest BCUT2D eigenvalue weighted by atomic mass is 19.4. The van der Waals surface area contributed by atoms with Gasteiger partial charge in [0.2, 0.25) is 5.95 Å². The van der Waals surface area contributed by atoms with Crippen LogP contribution in [0, 0.1) is 0 Å². The van der Waals surface area contributed by atoms with Crippen molar-refractivity contribution >= 4 is 5.95 Å².